The molecule has 21 heavy (non-hydrogen) atoms. The number of pyridine rings is 1. The van der Waals surface area contributed by atoms with E-state index in [1.807, 2.05) is 44.4 Å². The van der Waals surface area contributed by atoms with Crippen LogP contribution in [0.4, 0.5) is 0 Å². The number of halogens is 1. The van der Waals surface area contributed by atoms with E-state index in [2.05, 4.69) is 38.4 Å². The van der Waals surface area contributed by atoms with Gasteiger partial charge in [-0.3, -0.25) is 0 Å². The lowest BCUT2D eigenvalue weighted by molar-refractivity contribution is 0.340. The molecule has 2 rings (SSSR count). The molecule has 0 bridgehead atoms. The average Bonchev–Trinajstić information content (AvgIpc) is 2.51. The van der Waals surface area contributed by atoms with Gasteiger partial charge in [0.05, 0.1) is 11.6 Å². The first kappa shape index (κ1) is 16.3. The summed E-state index contributed by atoms with van der Waals surface area (Å²) in [6, 6.07) is 12.6. The van der Waals surface area contributed by atoms with Crippen molar-refractivity contribution in [3.63, 3.8) is 0 Å². The zero-order chi connectivity index (χ0) is 15.1. The highest BCUT2D eigenvalue weighted by Crippen LogP contribution is 2.25. The molecule has 0 fully saturated rings. The fourth-order valence-corrected chi connectivity index (χ4v) is 3.15. The number of hydrogen-bond acceptors (Lipinski definition) is 4. The summed E-state index contributed by atoms with van der Waals surface area (Å²) in [6.07, 6.45) is 1.83. The number of nitrogens with zero attached hydrogens (tertiary/aromatic N) is 1. The summed E-state index contributed by atoms with van der Waals surface area (Å²) in [7, 11) is 1.98. The Morgan fingerprint density at radius 2 is 2.00 bits per heavy atom. The maximum absolute atomic E-state index is 5.47. The lowest BCUT2D eigenvalue weighted by Crippen LogP contribution is -2.18. The largest absolute Gasteiger partial charge is 0.494 e. The second kappa shape index (κ2) is 8.41. The van der Waals surface area contributed by atoms with Crippen molar-refractivity contribution in [2.24, 2.45) is 0 Å². The number of hydrogen-bond donors (Lipinski definition) is 1. The van der Waals surface area contributed by atoms with Crippen LogP contribution in [0.25, 0.3) is 0 Å². The molecular weight excluding hydrogens is 348 g/mol. The molecule has 0 saturated carbocycles. The van der Waals surface area contributed by atoms with Crippen LogP contribution in [0.5, 0.6) is 5.75 Å². The summed E-state index contributed by atoms with van der Waals surface area (Å²) in [5.74, 6) is 1.84. The van der Waals surface area contributed by atoms with Gasteiger partial charge < -0.3 is 10.1 Å². The van der Waals surface area contributed by atoms with Gasteiger partial charge in [0.15, 0.2) is 0 Å². The Balaban J connectivity index is 1.97. The third-order valence-corrected chi connectivity index (χ3v) is 4.55. The average molecular weight is 367 g/mol. The van der Waals surface area contributed by atoms with Gasteiger partial charge in [-0.1, -0.05) is 12.1 Å². The third-order valence-electron chi connectivity index (χ3n) is 3.04. The predicted octanol–water partition coefficient (Wildman–Crippen LogP) is 4.30. The summed E-state index contributed by atoms with van der Waals surface area (Å²) in [5.41, 5.74) is 1.26. The van der Waals surface area contributed by atoms with Gasteiger partial charge >= 0.3 is 0 Å². The van der Waals surface area contributed by atoms with Crippen LogP contribution in [0, 0.1) is 0 Å². The van der Waals surface area contributed by atoms with Gasteiger partial charge in [0.2, 0.25) is 0 Å². The van der Waals surface area contributed by atoms with Crippen molar-refractivity contribution in [1.29, 1.82) is 0 Å². The molecule has 3 nitrogen and oxygen atoms in total. The molecule has 1 unspecified atom stereocenters. The number of nitrogens with one attached hydrogen (secondary N) is 1. The van der Waals surface area contributed by atoms with E-state index in [9.17, 15) is 0 Å². The van der Waals surface area contributed by atoms with Gasteiger partial charge in [-0.15, -0.1) is 11.8 Å². The number of thioether (sulfide) groups is 1. The molecule has 1 aromatic heterocycles. The minimum atomic E-state index is 0.288. The molecule has 5 heteroatoms. The highest BCUT2D eigenvalue weighted by atomic mass is 79.9. The molecule has 0 radical (unpaired) electrons. The standard InChI is InChI=1S/C16H19BrN2OS/c1-3-20-14-7-4-12(5-8-14)15(18-2)11-21-16-9-6-13(17)10-19-16/h4-10,15,18H,3,11H2,1-2H3. The van der Waals surface area contributed by atoms with Crippen LogP contribution in [0.3, 0.4) is 0 Å². The van der Waals surface area contributed by atoms with Crippen LogP contribution < -0.4 is 10.1 Å². The fraction of sp³-hybridized carbons (Fsp3) is 0.312. The lowest BCUT2D eigenvalue weighted by Gasteiger charge is -2.16. The normalized spacial score (nSPS) is 12.1. The molecule has 0 spiro atoms. The van der Waals surface area contributed by atoms with Crippen molar-refractivity contribution < 1.29 is 4.74 Å². The van der Waals surface area contributed by atoms with E-state index in [0.29, 0.717) is 6.61 Å². The maximum Gasteiger partial charge on any atom is 0.119 e. The Morgan fingerprint density at radius 1 is 1.24 bits per heavy atom. The van der Waals surface area contributed by atoms with Crippen LogP contribution in [0.15, 0.2) is 52.1 Å². The molecule has 1 heterocycles. The van der Waals surface area contributed by atoms with Crippen molar-refractivity contribution in [2.45, 2.75) is 18.0 Å². The maximum atomic E-state index is 5.47. The Kier molecular flexibility index (Phi) is 6.54. The van der Waals surface area contributed by atoms with Crippen LogP contribution >= 0.6 is 27.7 Å². The molecule has 0 aliphatic rings. The molecule has 1 N–H and O–H groups in total. The van der Waals surface area contributed by atoms with Crippen LogP contribution in [-0.4, -0.2) is 24.4 Å². The zero-order valence-corrected chi connectivity index (χ0v) is 14.6. The quantitative estimate of drug-likeness (QED) is 0.740. The smallest absolute Gasteiger partial charge is 0.119 e. The highest BCUT2D eigenvalue weighted by Gasteiger charge is 2.10. The topological polar surface area (TPSA) is 34.1 Å². The summed E-state index contributed by atoms with van der Waals surface area (Å²) in [4.78, 5) is 4.38. The number of benzene rings is 1. The van der Waals surface area contributed by atoms with Gasteiger partial charge in [-0.2, -0.15) is 0 Å². The van der Waals surface area contributed by atoms with Crippen LogP contribution in [0.2, 0.25) is 0 Å². The van der Waals surface area contributed by atoms with E-state index >= 15 is 0 Å². The van der Waals surface area contributed by atoms with Gasteiger partial charge in [-0.25, -0.2) is 4.98 Å². The van der Waals surface area contributed by atoms with E-state index in [-0.39, 0.29) is 6.04 Å². The number of rotatable bonds is 7. The molecule has 0 aliphatic carbocycles. The Morgan fingerprint density at radius 3 is 2.57 bits per heavy atom. The predicted molar refractivity (Wildman–Crippen MR) is 92.1 cm³/mol. The molecule has 112 valence electrons. The Hall–Kier alpha value is -1.04. The third kappa shape index (κ3) is 5.02. The lowest BCUT2D eigenvalue weighted by atomic mass is 10.1. The van der Waals surface area contributed by atoms with Gasteiger partial charge in [0.25, 0.3) is 0 Å². The van der Waals surface area contributed by atoms with E-state index < -0.39 is 0 Å². The van der Waals surface area contributed by atoms with Crippen molar-refractivity contribution in [2.75, 3.05) is 19.4 Å². The molecule has 2 aromatic rings. The molecule has 0 amide bonds. The first-order chi connectivity index (χ1) is 10.2. The minimum absolute atomic E-state index is 0.288. The summed E-state index contributed by atoms with van der Waals surface area (Å²) in [6.45, 7) is 2.69. The van der Waals surface area contributed by atoms with Gasteiger partial charge in [0, 0.05) is 22.5 Å². The minimum Gasteiger partial charge on any atom is -0.494 e. The Bertz CT molecular complexity index is 545. The zero-order valence-electron chi connectivity index (χ0n) is 12.2. The van der Waals surface area contributed by atoms with E-state index in [1.165, 1.54) is 5.56 Å². The SMILES string of the molecule is CCOc1ccc(C(CSc2ccc(Br)cn2)NC)cc1. The number of ether oxygens (including phenoxy) is 1. The molecule has 1 aromatic carbocycles. The Labute approximate surface area is 138 Å². The highest BCUT2D eigenvalue weighted by molar-refractivity contribution is 9.10. The van der Waals surface area contributed by atoms with Crippen molar-refractivity contribution in [1.82, 2.24) is 10.3 Å². The molecule has 0 saturated heterocycles. The summed E-state index contributed by atoms with van der Waals surface area (Å²) in [5, 5.41) is 4.38. The number of aromatic nitrogens is 1. The summed E-state index contributed by atoms with van der Waals surface area (Å²) >= 11 is 5.14. The van der Waals surface area contributed by atoms with Crippen LogP contribution in [0.1, 0.15) is 18.5 Å². The van der Waals surface area contributed by atoms with E-state index in [1.54, 1.807) is 11.8 Å². The van der Waals surface area contributed by atoms with E-state index in [0.717, 1.165) is 21.0 Å². The molecular formula is C16H19BrN2OS. The molecule has 0 aliphatic heterocycles. The van der Waals surface area contributed by atoms with Crippen molar-refractivity contribution >= 4 is 27.7 Å². The van der Waals surface area contributed by atoms with Gasteiger partial charge in [-0.05, 0) is 59.7 Å². The van der Waals surface area contributed by atoms with Crippen molar-refractivity contribution in [3.05, 3.63) is 52.6 Å². The first-order valence-electron chi connectivity index (χ1n) is 6.87. The second-order valence-electron chi connectivity index (χ2n) is 4.47. The van der Waals surface area contributed by atoms with E-state index in [4.69, 9.17) is 4.74 Å². The van der Waals surface area contributed by atoms with Crippen LogP contribution in [-0.2, 0) is 0 Å². The second-order valence-corrected chi connectivity index (χ2v) is 6.42. The molecule has 1 atom stereocenters. The monoisotopic (exact) mass is 366 g/mol. The first-order valence-corrected chi connectivity index (χ1v) is 8.65. The fourth-order valence-electron chi connectivity index (χ4n) is 1.93. The summed E-state index contributed by atoms with van der Waals surface area (Å²) < 4.78 is 6.48. The van der Waals surface area contributed by atoms with Gasteiger partial charge in [0.1, 0.15) is 5.75 Å². The van der Waals surface area contributed by atoms with Crippen molar-refractivity contribution in [3.8, 4) is 5.75 Å².